The van der Waals surface area contributed by atoms with E-state index in [0.29, 0.717) is 0 Å². The molecule has 2 aromatic rings. The van der Waals surface area contributed by atoms with Crippen molar-refractivity contribution in [2.24, 2.45) is 0 Å². The van der Waals surface area contributed by atoms with Crippen LogP contribution in [0.3, 0.4) is 0 Å². The Morgan fingerprint density at radius 2 is 1.52 bits per heavy atom. The van der Waals surface area contributed by atoms with E-state index < -0.39 is 11.6 Å². The van der Waals surface area contributed by atoms with E-state index in [0.717, 1.165) is 12.8 Å². The van der Waals surface area contributed by atoms with Gasteiger partial charge in [-0.3, -0.25) is 0 Å². The van der Waals surface area contributed by atoms with Gasteiger partial charge in [0.15, 0.2) is 0 Å². The van der Waals surface area contributed by atoms with Crippen LogP contribution in [0.1, 0.15) is 31.4 Å². The third-order valence-corrected chi connectivity index (χ3v) is 3.69. The Morgan fingerprint density at radius 1 is 0.905 bits per heavy atom. The van der Waals surface area contributed by atoms with E-state index in [4.69, 9.17) is 0 Å². The van der Waals surface area contributed by atoms with Crippen LogP contribution in [-0.2, 0) is 13.0 Å². The minimum absolute atomic E-state index is 0.102. The highest BCUT2D eigenvalue weighted by atomic mass is 19.1. The fraction of sp³-hybridized carbons (Fsp3) is 0.333. The summed E-state index contributed by atoms with van der Waals surface area (Å²) in [6.45, 7) is 4.30. The summed E-state index contributed by atoms with van der Waals surface area (Å²) in [5.41, 5.74) is 1.18. The number of nitrogens with one attached hydrogen (secondary N) is 1. The van der Waals surface area contributed by atoms with Crippen LogP contribution in [0.4, 0.5) is 8.78 Å². The average molecular weight is 289 g/mol. The van der Waals surface area contributed by atoms with Crippen molar-refractivity contribution in [2.45, 2.75) is 38.8 Å². The van der Waals surface area contributed by atoms with E-state index in [1.807, 2.05) is 18.2 Å². The Bertz CT molecular complexity index is 559. The van der Waals surface area contributed by atoms with Crippen molar-refractivity contribution in [3.05, 3.63) is 71.3 Å². The normalized spacial score (nSPS) is 11.6. The molecule has 0 aliphatic carbocycles. The number of halogens is 2. The Labute approximate surface area is 125 Å². The molecule has 21 heavy (non-hydrogen) atoms. The SMILES string of the molecule is CC(C)(CCc1ccccc1)NCc1c(F)cccc1F. The van der Waals surface area contributed by atoms with E-state index in [9.17, 15) is 8.78 Å². The minimum Gasteiger partial charge on any atom is -0.308 e. The molecule has 3 heteroatoms. The van der Waals surface area contributed by atoms with Crippen LogP contribution in [0.25, 0.3) is 0 Å². The smallest absolute Gasteiger partial charge is 0.130 e. The molecule has 2 rings (SSSR count). The van der Waals surface area contributed by atoms with E-state index in [1.54, 1.807) is 0 Å². The molecule has 0 saturated carbocycles. The Balaban J connectivity index is 1.92. The first-order valence-electron chi connectivity index (χ1n) is 7.20. The lowest BCUT2D eigenvalue weighted by molar-refractivity contribution is 0.353. The maximum Gasteiger partial charge on any atom is 0.130 e. The van der Waals surface area contributed by atoms with Crippen LogP contribution < -0.4 is 5.32 Å². The molecule has 0 amide bonds. The molecule has 0 aliphatic heterocycles. The Kier molecular flexibility index (Phi) is 5.07. The van der Waals surface area contributed by atoms with Gasteiger partial charge in [0, 0.05) is 17.6 Å². The lowest BCUT2D eigenvalue weighted by Gasteiger charge is -2.27. The first-order valence-corrected chi connectivity index (χ1v) is 7.20. The van der Waals surface area contributed by atoms with Gasteiger partial charge < -0.3 is 5.32 Å². The zero-order chi connectivity index (χ0) is 15.3. The second kappa shape index (κ2) is 6.81. The Morgan fingerprint density at radius 3 is 2.14 bits per heavy atom. The maximum absolute atomic E-state index is 13.6. The van der Waals surface area contributed by atoms with Crippen LogP contribution in [-0.4, -0.2) is 5.54 Å². The second-order valence-corrected chi connectivity index (χ2v) is 5.92. The van der Waals surface area contributed by atoms with Crippen LogP contribution >= 0.6 is 0 Å². The first-order chi connectivity index (χ1) is 9.98. The fourth-order valence-corrected chi connectivity index (χ4v) is 2.22. The lowest BCUT2D eigenvalue weighted by atomic mass is 9.95. The molecule has 0 bridgehead atoms. The van der Waals surface area contributed by atoms with E-state index in [1.165, 1.54) is 23.8 Å². The van der Waals surface area contributed by atoms with Crippen molar-refractivity contribution in [1.82, 2.24) is 5.32 Å². The molecule has 0 fully saturated rings. The zero-order valence-corrected chi connectivity index (χ0v) is 12.5. The molecule has 0 aromatic heterocycles. The van der Waals surface area contributed by atoms with E-state index >= 15 is 0 Å². The molecule has 112 valence electrons. The number of hydrogen-bond acceptors (Lipinski definition) is 1. The summed E-state index contributed by atoms with van der Waals surface area (Å²) in [6.07, 6.45) is 1.83. The van der Waals surface area contributed by atoms with Crippen LogP contribution in [0.15, 0.2) is 48.5 Å². The van der Waals surface area contributed by atoms with Crippen molar-refractivity contribution < 1.29 is 8.78 Å². The van der Waals surface area contributed by atoms with E-state index in [-0.39, 0.29) is 17.6 Å². The molecule has 0 saturated heterocycles. The first kappa shape index (κ1) is 15.6. The summed E-state index contributed by atoms with van der Waals surface area (Å²) < 4.78 is 27.2. The molecule has 0 atom stereocenters. The summed E-state index contributed by atoms with van der Waals surface area (Å²) in [5, 5.41) is 3.25. The van der Waals surface area contributed by atoms with Crippen LogP contribution in [0, 0.1) is 11.6 Å². The van der Waals surface area contributed by atoms with Crippen molar-refractivity contribution in [3.63, 3.8) is 0 Å². The molecule has 1 nitrogen and oxygen atoms in total. The van der Waals surface area contributed by atoms with Gasteiger partial charge >= 0.3 is 0 Å². The predicted octanol–water partition coefficient (Wildman–Crippen LogP) is 4.47. The van der Waals surface area contributed by atoms with E-state index in [2.05, 4.69) is 31.3 Å². The molecule has 1 N–H and O–H groups in total. The van der Waals surface area contributed by atoms with Gasteiger partial charge in [0.2, 0.25) is 0 Å². The third-order valence-electron chi connectivity index (χ3n) is 3.69. The van der Waals surface area contributed by atoms with Crippen LogP contribution in [0.2, 0.25) is 0 Å². The van der Waals surface area contributed by atoms with Gasteiger partial charge in [-0.2, -0.15) is 0 Å². The van der Waals surface area contributed by atoms with Gasteiger partial charge in [-0.05, 0) is 44.4 Å². The number of hydrogen-bond donors (Lipinski definition) is 1. The quantitative estimate of drug-likeness (QED) is 0.827. The van der Waals surface area contributed by atoms with Crippen molar-refractivity contribution >= 4 is 0 Å². The minimum atomic E-state index is -0.499. The molecule has 0 unspecified atom stereocenters. The molecule has 0 spiro atoms. The van der Waals surface area contributed by atoms with Crippen molar-refractivity contribution in [3.8, 4) is 0 Å². The highest BCUT2D eigenvalue weighted by Gasteiger charge is 2.18. The third kappa shape index (κ3) is 4.64. The lowest BCUT2D eigenvalue weighted by Crippen LogP contribution is -2.39. The summed E-state index contributed by atoms with van der Waals surface area (Å²) in [5.74, 6) is -0.997. The maximum atomic E-state index is 13.6. The number of benzene rings is 2. The van der Waals surface area contributed by atoms with Crippen molar-refractivity contribution in [1.29, 1.82) is 0 Å². The summed E-state index contributed by atoms with van der Waals surface area (Å²) >= 11 is 0. The zero-order valence-electron chi connectivity index (χ0n) is 12.5. The van der Waals surface area contributed by atoms with Gasteiger partial charge in [0.25, 0.3) is 0 Å². The van der Waals surface area contributed by atoms with Crippen LogP contribution in [0.5, 0.6) is 0 Å². The number of aryl methyl sites for hydroxylation is 1. The molecular weight excluding hydrogens is 268 g/mol. The highest BCUT2D eigenvalue weighted by molar-refractivity contribution is 5.20. The average Bonchev–Trinajstić information content (AvgIpc) is 2.46. The highest BCUT2D eigenvalue weighted by Crippen LogP contribution is 2.17. The molecule has 2 aromatic carbocycles. The van der Waals surface area contributed by atoms with Gasteiger partial charge in [0.05, 0.1) is 0 Å². The van der Waals surface area contributed by atoms with Gasteiger partial charge in [-0.1, -0.05) is 36.4 Å². The van der Waals surface area contributed by atoms with Crippen molar-refractivity contribution in [2.75, 3.05) is 0 Å². The molecular formula is C18H21F2N. The predicted molar refractivity (Wildman–Crippen MR) is 82.0 cm³/mol. The fourth-order valence-electron chi connectivity index (χ4n) is 2.22. The molecule has 0 aliphatic rings. The number of rotatable bonds is 6. The standard InChI is InChI=1S/C18H21F2N/c1-18(2,12-11-14-7-4-3-5-8-14)21-13-15-16(19)9-6-10-17(15)20/h3-10,21H,11-13H2,1-2H3. The second-order valence-electron chi connectivity index (χ2n) is 5.92. The molecule has 0 radical (unpaired) electrons. The van der Waals surface area contributed by atoms with Gasteiger partial charge in [0.1, 0.15) is 11.6 Å². The topological polar surface area (TPSA) is 12.0 Å². The summed E-state index contributed by atoms with van der Waals surface area (Å²) in [4.78, 5) is 0. The van der Waals surface area contributed by atoms with Gasteiger partial charge in [-0.15, -0.1) is 0 Å². The molecule has 0 heterocycles. The summed E-state index contributed by atoms with van der Waals surface area (Å²) in [7, 11) is 0. The summed E-state index contributed by atoms with van der Waals surface area (Å²) in [6, 6.07) is 14.2. The Hall–Kier alpha value is -1.74. The largest absolute Gasteiger partial charge is 0.308 e. The monoisotopic (exact) mass is 289 g/mol. The van der Waals surface area contributed by atoms with Gasteiger partial charge in [-0.25, -0.2) is 8.78 Å².